The fourth-order valence-corrected chi connectivity index (χ4v) is 0.665. The minimum atomic E-state index is -0.220. The van der Waals surface area contributed by atoms with Crippen molar-refractivity contribution >= 4 is 11.7 Å². The van der Waals surface area contributed by atoms with Crippen LogP contribution in [0.5, 0.6) is 0 Å². The maximum Gasteiger partial charge on any atom is 0.195 e. The minimum Gasteiger partial charge on any atom is -0.289 e. The molecule has 0 aliphatic rings. The van der Waals surface area contributed by atoms with Crippen molar-refractivity contribution in [2.24, 2.45) is 0 Å². The van der Waals surface area contributed by atoms with Gasteiger partial charge in [0.2, 0.25) is 0 Å². The van der Waals surface area contributed by atoms with Gasteiger partial charge >= 0.3 is 0 Å². The van der Waals surface area contributed by atoms with Crippen molar-refractivity contribution in [3.05, 3.63) is 36.2 Å². The number of rotatable bonds is 2. The molecule has 0 saturated carbocycles. The standard InChI is InChI=1S/C8H6N2O/c9-4-1-8(11)7-2-5-10-6-3-7/h1-3,5-6,9H. The lowest BCUT2D eigenvalue weighted by Gasteiger charge is -1.89. The molecule has 1 heterocycles. The Morgan fingerprint density at radius 3 is 2.73 bits per heavy atom. The van der Waals surface area contributed by atoms with Crippen molar-refractivity contribution in [1.29, 1.82) is 5.41 Å². The second-order valence-corrected chi connectivity index (χ2v) is 1.89. The number of allylic oxidation sites excluding steroid dienone is 1. The van der Waals surface area contributed by atoms with E-state index in [1.54, 1.807) is 12.1 Å². The highest BCUT2D eigenvalue weighted by Crippen LogP contribution is 1.96. The Labute approximate surface area is 63.9 Å². The lowest BCUT2D eigenvalue weighted by atomic mass is 10.2. The summed E-state index contributed by atoms with van der Waals surface area (Å²) < 4.78 is 0. The van der Waals surface area contributed by atoms with E-state index in [2.05, 4.69) is 4.98 Å². The van der Waals surface area contributed by atoms with Gasteiger partial charge in [-0.15, -0.1) is 0 Å². The first-order valence-electron chi connectivity index (χ1n) is 3.04. The first-order valence-corrected chi connectivity index (χ1v) is 3.04. The molecule has 54 valence electrons. The van der Waals surface area contributed by atoms with Crippen LogP contribution in [-0.2, 0) is 0 Å². The molecule has 0 bridgehead atoms. The van der Waals surface area contributed by atoms with Crippen LogP contribution in [-0.4, -0.2) is 16.6 Å². The van der Waals surface area contributed by atoms with Gasteiger partial charge in [-0.05, 0) is 18.0 Å². The first-order chi connectivity index (χ1) is 5.34. The van der Waals surface area contributed by atoms with Gasteiger partial charge in [0.15, 0.2) is 5.78 Å². The van der Waals surface area contributed by atoms with Gasteiger partial charge in [0, 0.05) is 24.0 Å². The van der Waals surface area contributed by atoms with Gasteiger partial charge in [0.25, 0.3) is 0 Å². The molecule has 1 aromatic rings. The van der Waals surface area contributed by atoms with E-state index in [-0.39, 0.29) is 5.78 Å². The fraction of sp³-hybridized carbons (Fsp3) is 0. The highest BCUT2D eigenvalue weighted by atomic mass is 16.1. The molecule has 1 aromatic heterocycles. The highest BCUT2D eigenvalue weighted by molar-refractivity contribution is 6.08. The lowest BCUT2D eigenvalue weighted by Crippen LogP contribution is -1.93. The van der Waals surface area contributed by atoms with E-state index in [1.165, 1.54) is 12.4 Å². The Morgan fingerprint density at radius 2 is 2.18 bits per heavy atom. The smallest absolute Gasteiger partial charge is 0.195 e. The van der Waals surface area contributed by atoms with Crippen molar-refractivity contribution in [1.82, 2.24) is 4.98 Å². The van der Waals surface area contributed by atoms with E-state index in [1.807, 2.05) is 5.87 Å². The third-order valence-corrected chi connectivity index (χ3v) is 1.17. The molecular weight excluding hydrogens is 140 g/mol. The number of nitrogens with zero attached hydrogens (tertiary/aromatic N) is 1. The Bertz CT molecular complexity index is 299. The van der Waals surface area contributed by atoms with Crippen molar-refractivity contribution in [2.75, 3.05) is 0 Å². The maximum atomic E-state index is 11.0. The topological polar surface area (TPSA) is 53.8 Å². The number of pyridine rings is 1. The summed E-state index contributed by atoms with van der Waals surface area (Å²) in [6, 6.07) is 3.19. The van der Waals surface area contributed by atoms with Crippen LogP contribution in [0.4, 0.5) is 0 Å². The number of carbonyl (C=O) groups excluding carboxylic acids is 1. The van der Waals surface area contributed by atoms with E-state index >= 15 is 0 Å². The van der Waals surface area contributed by atoms with E-state index in [0.717, 1.165) is 6.08 Å². The molecule has 0 fully saturated rings. The van der Waals surface area contributed by atoms with Crippen LogP contribution in [0.1, 0.15) is 10.4 Å². The van der Waals surface area contributed by atoms with Crippen molar-refractivity contribution in [3.8, 4) is 0 Å². The average Bonchev–Trinajstić information content (AvgIpc) is 2.07. The molecule has 0 atom stereocenters. The number of aromatic nitrogens is 1. The molecule has 1 N–H and O–H groups in total. The first kappa shape index (κ1) is 7.38. The summed E-state index contributed by atoms with van der Waals surface area (Å²) in [5.74, 6) is 1.70. The third kappa shape index (κ3) is 1.85. The monoisotopic (exact) mass is 146 g/mol. The summed E-state index contributed by atoms with van der Waals surface area (Å²) in [6.45, 7) is 0. The number of carbonyl (C=O) groups is 1. The molecule has 0 aliphatic carbocycles. The summed E-state index contributed by atoms with van der Waals surface area (Å²) in [5, 5.41) is 6.54. The lowest BCUT2D eigenvalue weighted by molar-refractivity contribution is 0.104. The fourth-order valence-electron chi connectivity index (χ4n) is 0.665. The zero-order chi connectivity index (χ0) is 8.10. The molecule has 0 amide bonds. The molecular formula is C8H6N2O. The predicted octanol–water partition coefficient (Wildman–Crippen LogP) is 1.07. The molecule has 0 saturated heterocycles. The molecule has 3 heteroatoms. The van der Waals surface area contributed by atoms with Gasteiger partial charge in [0.05, 0.1) is 0 Å². The zero-order valence-corrected chi connectivity index (χ0v) is 5.74. The van der Waals surface area contributed by atoms with Gasteiger partial charge in [-0.25, -0.2) is 0 Å². The summed E-state index contributed by atoms with van der Waals surface area (Å²) in [4.78, 5) is 14.7. The molecule has 0 radical (unpaired) electrons. The Balaban J connectivity index is 2.94. The third-order valence-electron chi connectivity index (χ3n) is 1.17. The van der Waals surface area contributed by atoms with Crippen LogP contribution >= 0.6 is 0 Å². The van der Waals surface area contributed by atoms with E-state index in [4.69, 9.17) is 5.41 Å². The Hall–Kier alpha value is -1.73. The molecule has 11 heavy (non-hydrogen) atoms. The normalized spacial score (nSPS) is 8.36. The van der Waals surface area contributed by atoms with E-state index in [9.17, 15) is 4.79 Å². The second-order valence-electron chi connectivity index (χ2n) is 1.89. The van der Waals surface area contributed by atoms with Crippen molar-refractivity contribution in [2.45, 2.75) is 0 Å². The molecule has 0 aromatic carbocycles. The van der Waals surface area contributed by atoms with Gasteiger partial charge in [-0.3, -0.25) is 15.2 Å². The zero-order valence-electron chi connectivity index (χ0n) is 5.74. The van der Waals surface area contributed by atoms with Gasteiger partial charge in [-0.2, -0.15) is 0 Å². The minimum absolute atomic E-state index is 0.220. The quantitative estimate of drug-likeness (QED) is 0.385. The number of hydrogen-bond acceptors (Lipinski definition) is 3. The summed E-state index contributed by atoms with van der Waals surface area (Å²) in [7, 11) is 0. The van der Waals surface area contributed by atoms with Gasteiger partial charge in [-0.1, -0.05) is 0 Å². The largest absolute Gasteiger partial charge is 0.289 e. The van der Waals surface area contributed by atoms with Gasteiger partial charge < -0.3 is 0 Å². The van der Waals surface area contributed by atoms with Crippen LogP contribution in [0.2, 0.25) is 0 Å². The van der Waals surface area contributed by atoms with Crippen LogP contribution in [0, 0.1) is 5.41 Å². The Morgan fingerprint density at radius 1 is 1.55 bits per heavy atom. The van der Waals surface area contributed by atoms with E-state index < -0.39 is 0 Å². The average molecular weight is 146 g/mol. The predicted molar refractivity (Wildman–Crippen MR) is 40.9 cm³/mol. The molecule has 3 nitrogen and oxygen atoms in total. The molecule has 0 aliphatic heterocycles. The molecule has 1 rings (SSSR count). The highest BCUT2D eigenvalue weighted by Gasteiger charge is 1.97. The van der Waals surface area contributed by atoms with Crippen molar-refractivity contribution < 1.29 is 4.79 Å². The summed E-state index contributed by atoms with van der Waals surface area (Å²) in [6.07, 6.45) is 4.14. The van der Waals surface area contributed by atoms with Gasteiger partial charge in [0.1, 0.15) is 0 Å². The Kier molecular flexibility index (Phi) is 2.31. The van der Waals surface area contributed by atoms with Crippen LogP contribution in [0.25, 0.3) is 0 Å². The van der Waals surface area contributed by atoms with E-state index in [0.29, 0.717) is 5.56 Å². The summed E-state index contributed by atoms with van der Waals surface area (Å²) >= 11 is 0. The van der Waals surface area contributed by atoms with Crippen molar-refractivity contribution in [3.63, 3.8) is 0 Å². The SMILES string of the molecule is N=C=CC(=O)c1ccncc1. The number of ketones is 1. The van der Waals surface area contributed by atoms with Crippen LogP contribution in [0.3, 0.4) is 0 Å². The summed E-state index contributed by atoms with van der Waals surface area (Å²) in [5.41, 5.74) is 0.528. The number of hydrogen-bond donors (Lipinski definition) is 1. The number of nitrogens with one attached hydrogen (secondary N) is 1. The second kappa shape index (κ2) is 3.44. The van der Waals surface area contributed by atoms with Crippen LogP contribution < -0.4 is 0 Å². The maximum absolute atomic E-state index is 11.0. The molecule has 0 unspecified atom stereocenters. The molecule has 0 spiro atoms. The van der Waals surface area contributed by atoms with Crippen LogP contribution in [0.15, 0.2) is 30.6 Å².